The van der Waals surface area contributed by atoms with Crippen molar-refractivity contribution in [3.05, 3.63) is 120 Å². The van der Waals surface area contributed by atoms with Gasteiger partial charge in [-0.05, 0) is 29.0 Å². The highest BCUT2D eigenvalue weighted by molar-refractivity contribution is 7.99. The van der Waals surface area contributed by atoms with Crippen LogP contribution in [0.2, 0.25) is 0 Å². The van der Waals surface area contributed by atoms with Crippen LogP contribution in [-0.2, 0) is 4.79 Å². The number of hydrogen-bond acceptors (Lipinski definition) is 3. The molecular formula is C29H23NOS. The number of allylic oxidation sites excluding steroid dienone is 1. The summed E-state index contributed by atoms with van der Waals surface area (Å²) in [6, 6.07) is 35.9. The molecule has 156 valence electrons. The molecular weight excluding hydrogens is 410 g/mol. The molecule has 0 aromatic heterocycles. The third kappa shape index (κ3) is 4.81. The molecule has 4 aromatic rings. The molecule has 3 heteroatoms. The molecule has 0 fully saturated rings. The highest BCUT2D eigenvalue weighted by atomic mass is 32.2. The van der Waals surface area contributed by atoms with Gasteiger partial charge in [0.2, 0.25) is 0 Å². The van der Waals surface area contributed by atoms with Crippen LogP contribution in [0, 0.1) is 0 Å². The second-order valence-corrected chi connectivity index (χ2v) is 8.42. The number of aliphatic imine (C=N–C) groups is 1. The van der Waals surface area contributed by atoms with Gasteiger partial charge < -0.3 is 0 Å². The topological polar surface area (TPSA) is 29.4 Å². The van der Waals surface area contributed by atoms with Gasteiger partial charge in [0.25, 0.3) is 0 Å². The predicted molar refractivity (Wildman–Crippen MR) is 136 cm³/mol. The van der Waals surface area contributed by atoms with E-state index in [1.54, 1.807) is 0 Å². The van der Waals surface area contributed by atoms with Crippen molar-refractivity contribution in [1.82, 2.24) is 0 Å². The second-order valence-electron chi connectivity index (χ2n) is 7.12. The molecule has 4 rings (SSSR count). The first-order valence-corrected chi connectivity index (χ1v) is 11.6. The maximum Gasteiger partial charge on any atom is 0.135 e. The van der Waals surface area contributed by atoms with Gasteiger partial charge in [0.05, 0.1) is 17.0 Å². The van der Waals surface area contributed by atoms with Gasteiger partial charge in [0, 0.05) is 16.0 Å². The lowest BCUT2D eigenvalue weighted by Crippen LogP contribution is -2.05. The Balaban J connectivity index is 1.93. The number of rotatable bonds is 7. The van der Waals surface area contributed by atoms with E-state index < -0.39 is 0 Å². The predicted octanol–water partition coefficient (Wildman–Crippen LogP) is 7.50. The Bertz CT molecular complexity index is 1270. The molecule has 2 nitrogen and oxygen atoms in total. The van der Waals surface area contributed by atoms with Crippen LogP contribution in [0.1, 0.15) is 18.1 Å². The van der Waals surface area contributed by atoms with E-state index in [0.29, 0.717) is 11.3 Å². The average molecular weight is 434 g/mol. The number of nitrogens with zero attached hydrogens (tertiary/aromatic N) is 1. The Hall–Kier alpha value is -3.65. The van der Waals surface area contributed by atoms with Crippen molar-refractivity contribution in [3.63, 3.8) is 0 Å². The van der Waals surface area contributed by atoms with Crippen LogP contribution >= 0.6 is 11.8 Å². The second kappa shape index (κ2) is 10.6. The molecule has 0 aliphatic carbocycles. The minimum atomic E-state index is 0.447. The molecule has 0 N–H and O–H groups in total. The van der Waals surface area contributed by atoms with Crippen molar-refractivity contribution in [2.24, 2.45) is 4.99 Å². The first-order chi connectivity index (χ1) is 15.8. The molecule has 32 heavy (non-hydrogen) atoms. The van der Waals surface area contributed by atoms with E-state index in [0.717, 1.165) is 33.7 Å². The van der Waals surface area contributed by atoms with E-state index in [9.17, 15) is 4.79 Å². The summed E-state index contributed by atoms with van der Waals surface area (Å²) in [4.78, 5) is 18.4. The highest BCUT2D eigenvalue weighted by Crippen LogP contribution is 2.37. The SMILES string of the molecule is CCSc1ccccc1-c1ccccc1N=C(C(=C=O)c1ccccc1)c1ccccc1. The van der Waals surface area contributed by atoms with Crippen LogP contribution in [0.4, 0.5) is 5.69 Å². The molecule has 4 aromatic carbocycles. The molecule has 0 radical (unpaired) electrons. The van der Waals surface area contributed by atoms with E-state index in [1.807, 2.05) is 96.7 Å². The van der Waals surface area contributed by atoms with Gasteiger partial charge in [-0.2, -0.15) is 0 Å². The minimum Gasteiger partial charge on any atom is -0.246 e. The monoisotopic (exact) mass is 433 g/mol. The maximum absolute atomic E-state index is 12.2. The molecule has 0 heterocycles. The van der Waals surface area contributed by atoms with E-state index in [4.69, 9.17) is 4.99 Å². The Labute approximate surface area is 193 Å². The molecule has 0 atom stereocenters. The Morgan fingerprint density at radius 1 is 0.719 bits per heavy atom. The number of carbonyl (C=O) groups excluding carboxylic acids is 1. The van der Waals surface area contributed by atoms with Crippen molar-refractivity contribution in [2.45, 2.75) is 11.8 Å². The fourth-order valence-corrected chi connectivity index (χ4v) is 4.42. The molecule has 0 amide bonds. The van der Waals surface area contributed by atoms with Gasteiger partial charge in [-0.3, -0.25) is 0 Å². The summed E-state index contributed by atoms with van der Waals surface area (Å²) < 4.78 is 0. The minimum absolute atomic E-state index is 0.447. The Morgan fingerprint density at radius 3 is 1.94 bits per heavy atom. The quantitative estimate of drug-likeness (QED) is 0.171. The Morgan fingerprint density at radius 2 is 1.28 bits per heavy atom. The van der Waals surface area contributed by atoms with E-state index >= 15 is 0 Å². The van der Waals surface area contributed by atoms with Crippen LogP contribution in [0.25, 0.3) is 16.7 Å². The summed E-state index contributed by atoms with van der Waals surface area (Å²) in [5.74, 6) is 3.15. The molecule has 0 unspecified atom stereocenters. The van der Waals surface area contributed by atoms with Crippen LogP contribution in [0.5, 0.6) is 0 Å². The fourth-order valence-electron chi connectivity index (χ4n) is 3.60. The van der Waals surface area contributed by atoms with Crippen molar-refractivity contribution < 1.29 is 4.79 Å². The van der Waals surface area contributed by atoms with Gasteiger partial charge in [0.1, 0.15) is 5.94 Å². The lowest BCUT2D eigenvalue weighted by Gasteiger charge is -2.13. The third-order valence-electron chi connectivity index (χ3n) is 5.06. The fraction of sp³-hybridized carbons (Fsp3) is 0.0690. The van der Waals surface area contributed by atoms with Crippen molar-refractivity contribution in [3.8, 4) is 11.1 Å². The summed E-state index contributed by atoms with van der Waals surface area (Å²) in [6.07, 6.45) is 0. The standard InChI is InChI=1S/C29H23NOS/c1-2-32-28-20-12-10-18-25(28)24-17-9-11-19-27(24)30-29(23-15-7-4-8-16-23)26(21-31)22-13-5-3-6-14-22/h3-20H,2H2,1H3. The van der Waals surface area contributed by atoms with Gasteiger partial charge in [-0.15, -0.1) is 11.8 Å². The summed E-state index contributed by atoms with van der Waals surface area (Å²) >= 11 is 1.81. The molecule has 0 bridgehead atoms. The van der Waals surface area contributed by atoms with E-state index in [1.165, 1.54) is 4.90 Å². The lowest BCUT2D eigenvalue weighted by atomic mass is 9.96. The summed E-state index contributed by atoms with van der Waals surface area (Å²) in [5.41, 5.74) is 5.73. The number of benzene rings is 4. The van der Waals surface area contributed by atoms with E-state index in [-0.39, 0.29) is 0 Å². The normalized spacial score (nSPS) is 11.1. The van der Waals surface area contributed by atoms with Crippen molar-refractivity contribution in [2.75, 3.05) is 5.75 Å². The zero-order valence-corrected chi connectivity index (χ0v) is 18.7. The van der Waals surface area contributed by atoms with Gasteiger partial charge in [0.15, 0.2) is 0 Å². The smallest absolute Gasteiger partial charge is 0.135 e. The summed E-state index contributed by atoms with van der Waals surface area (Å²) in [6.45, 7) is 2.15. The van der Waals surface area contributed by atoms with Crippen LogP contribution < -0.4 is 0 Å². The Kier molecular flexibility index (Phi) is 7.14. The first kappa shape index (κ1) is 21.6. The summed E-state index contributed by atoms with van der Waals surface area (Å²) in [7, 11) is 0. The van der Waals surface area contributed by atoms with Gasteiger partial charge in [-0.1, -0.05) is 104 Å². The molecule has 0 spiro atoms. The highest BCUT2D eigenvalue weighted by Gasteiger charge is 2.16. The van der Waals surface area contributed by atoms with Crippen molar-refractivity contribution in [1.29, 1.82) is 0 Å². The largest absolute Gasteiger partial charge is 0.246 e. The molecule has 0 saturated carbocycles. The van der Waals surface area contributed by atoms with Gasteiger partial charge in [-0.25, -0.2) is 9.79 Å². The van der Waals surface area contributed by atoms with E-state index in [2.05, 4.69) is 37.1 Å². The van der Waals surface area contributed by atoms with Gasteiger partial charge >= 0.3 is 0 Å². The first-order valence-electron chi connectivity index (χ1n) is 10.6. The molecule has 0 aliphatic heterocycles. The summed E-state index contributed by atoms with van der Waals surface area (Å²) in [5, 5.41) is 0. The number of para-hydroxylation sites is 1. The number of thioether (sulfide) groups is 1. The molecule has 0 saturated heterocycles. The number of hydrogen-bond donors (Lipinski definition) is 0. The molecule has 0 aliphatic rings. The average Bonchev–Trinajstić information content (AvgIpc) is 2.86. The zero-order chi connectivity index (χ0) is 22.2. The van der Waals surface area contributed by atoms with Crippen LogP contribution in [-0.4, -0.2) is 17.4 Å². The lowest BCUT2D eigenvalue weighted by molar-refractivity contribution is 0.570. The van der Waals surface area contributed by atoms with Crippen LogP contribution in [0.15, 0.2) is 119 Å². The van der Waals surface area contributed by atoms with Crippen LogP contribution in [0.3, 0.4) is 0 Å². The third-order valence-corrected chi connectivity index (χ3v) is 6.02. The zero-order valence-electron chi connectivity index (χ0n) is 17.9. The maximum atomic E-state index is 12.2. The van der Waals surface area contributed by atoms with Crippen molar-refractivity contribution >= 4 is 34.7 Å².